The van der Waals surface area contributed by atoms with E-state index in [1.54, 1.807) is 35.2 Å². The average Bonchev–Trinajstić information content (AvgIpc) is 3.25. The highest BCUT2D eigenvalue weighted by molar-refractivity contribution is 7.22. The predicted molar refractivity (Wildman–Crippen MR) is 129 cm³/mol. The van der Waals surface area contributed by atoms with E-state index in [-0.39, 0.29) is 24.9 Å². The molecule has 2 aromatic carbocycles. The fraction of sp³-hybridized carbons (Fsp3) is 0.273. The SMILES string of the molecule is CN(C)CCCN(C(=O)CN1C(=O)c2ccccc2C1=O)c1nc2ccc(Cl)cc2s1.Cl. The molecule has 0 unspecified atom stereocenters. The summed E-state index contributed by atoms with van der Waals surface area (Å²) in [5.41, 5.74) is 1.40. The highest BCUT2D eigenvalue weighted by atomic mass is 35.5. The Kier molecular flexibility index (Phi) is 7.51. The number of halogens is 2. The number of nitrogens with zero attached hydrogens (tertiary/aromatic N) is 4. The van der Waals surface area contributed by atoms with Crippen molar-refractivity contribution in [3.05, 3.63) is 58.6 Å². The number of carbonyl (C=O) groups excluding carboxylic acids is 3. The van der Waals surface area contributed by atoms with Gasteiger partial charge in [-0.1, -0.05) is 35.1 Å². The molecule has 1 aliphatic heterocycles. The van der Waals surface area contributed by atoms with E-state index in [9.17, 15) is 14.4 Å². The molecule has 0 saturated carbocycles. The molecule has 7 nitrogen and oxygen atoms in total. The molecule has 4 rings (SSSR count). The van der Waals surface area contributed by atoms with E-state index in [1.165, 1.54) is 11.3 Å². The minimum Gasteiger partial charge on any atom is -0.309 e. The normalized spacial score (nSPS) is 12.9. The number of amides is 3. The number of carbonyl (C=O) groups is 3. The van der Waals surface area contributed by atoms with Gasteiger partial charge in [0.05, 0.1) is 21.3 Å². The summed E-state index contributed by atoms with van der Waals surface area (Å²) in [6.07, 6.45) is 0.720. The van der Waals surface area contributed by atoms with Crippen molar-refractivity contribution in [1.29, 1.82) is 0 Å². The van der Waals surface area contributed by atoms with Crippen molar-refractivity contribution < 1.29 is 14.4 Å². The predicted octanol–water partition coefficient (Wildman–Crippen LogP) is 3.95. The Balaban J connectivity index is 0.00000289. The van der Waals surface area contributed by atoms with Crippen molar-refractivity contribution in [2.75, 3.05) is 38.6 Å². The standard InChI is InChI=1S/C22H21ClN4O3S.ClH/c1-25(2)10-5-11-26(22-24-17-9-8-14(23)12-18(17)31-22)19(28)13-27-20(29)15-6-3-4-7-16(15)21(27)30;/h3-4,6-9,12H,5,10-11,13H2,1-2H3;1H. The van der Waals surface area contributed by atoms with Crippen LogP contribution in [0.2, 0.25) is 5.02 Å². The molecule has 0 fully saturated rings. The van der Waals surface area contributed by atoms with Gasteiger partial charge in [-0.3, -0.25) is 24.2 Å². The van der Waals surface area contributed by atoms with E-state index in [4.69, 9.17) is 11.6 Å². The highest BCUT2D eigenvalue weighted by Crippen LogP contribution is 2.31. The van der Waals surface area contributed by atoms with Crippen molar-refractivity contribution in [2.24, 2.45) is 0 Å². The molecule has 0 N–H and O–H groups in total. The largest absolute Gasteiger partial charge is 0.309 e. The lowest BCUT2D eigenvalue weighted by atomic mass is 10.1. The molecule has 1 aromatic heterocycles. The lowest BCUT2D eigenvalue weighted by Crippen LogP contribution is -2.43. The van der Waals surface area contributed by atoms with Crippen molar-refractivity contribution in [3.8, 4) is 0 Å². The molecule has 2 heterocycles. The maximum absolute atomic E-state index is 13.3. The van der Waals surface area contributed by atoms with E-state index in [0.29, 0.717) is 27.8 Å². The van der Waals surface area contributed by atoms with E-state index >= 15 is 0 Å². The molecule has 1 aliphatic rings. The van der Waals surface area contributed by atoms with Crippen LogP contribution in [0.3, 0.4) is 0 Å². The Morgan fingerprint density at radius 1 is 1.06 bits per heavy atom. The van der Waals surface area contributed by atoms with Gasteiger partial charge in [0.25, 0.3) is 11.8 Å². The van der Waals surface area contributed by atoms with Gasteiger partial charge in [0.1, 0.15) is 6.54 Å². The average molecular weight is 493 g/mol. The summed E-state index contributed by atoms with van der Waals surface area (Å²) in [4.78, 5) is 47.8. The monoisotopic (exact) mass is 492 g/mol. The van der Waals surface area contributed by atoms with Crippen LogP contribution in [0.1, 0.15) is 27.1 Å². The number of rotatable bonds is 7. The molecular weight excluding hydrogens is 471 g/mol. The number of hydrogen-bond acceptors (Lipinski definition) is 6. The summed E-state index contributed by atoms with van der Waals surface area (Å²) in [7, 11) is 3.93. The zero-order valence-corrected chi connectivity index (χ0v) is 20.0. The molecule has 32 heavy (non-hydrogen) atoms. The van der Waals surface area contributed by atoms with Crippen molar-refractivity contribution in [2.45, 2.75) is 6.42 Å². The summed E-state index contributed by atoms with van der Waals surface area (Å²) >= 11 is 7.45. The fourth-order valence-electron chi connectivity index (χ4n) is 3.48. The number of benzene rings is 2. The molecular formula is C22H22Cl2N4O3S. The third kappa shape index (κ3) is 4.78. The first kappa shape index (κ1) is 24.1. The molecule has 168 valence electrons. The molecule has 0 bridgehead atoms. The van der Waals surface area contributed by atoms with E-state index in [2.05, 4.69) is 4.98 Å². The number of fused-ring (bicyclic) bond motifs is 2. The van der Waals surface area contributed by atoms with Gasteiger partial charge >= 0.3 is 0 Å². The van der Waals surface area contributed by atoms with E-state index in [0.717, 1.165) is 28.1 Å². The van der Waals surface area contributed by atoms with Crippen molar-refractivity contribution in [1.82, 2.24) is 14.8 Å². The Morgan fingerprint density at radius 3 is 2.34 bits per heavy atom. The smallest absolute Gasteiger partial charge is 0.262 e. The van der Waals surface area contributed by atoms with Crippen LogP contribution < -0.4 is 4.90 Å². The van der Waals surface area contributed by atoms with Crippen molar-refractivity contribution >= 4 is 68.4 Å². The summed E-state index contributed by atoms with van der Waals surface area (Å²) in [5.74, 6) is -1.24. The summed E-state index contributed by atoms with van der Waals surface area (Å²) in [6, 6.07) is 12.0. The van der Waals surface area contributed by atoms with Gasteiger partial charge in [0.15, 0.2) is 5.13 Å². The molecule has 0 aliphatic carbocycles. The van der Waals surface area contributed by atoms with Gasteiger partial charge in [-0.25, -0.2) is 4.98 Å². The van der Waals surface area contributed by atoms with E-state index < -0.39 is 11.8 Å². The number of anilines is 1. The van der Waals surface area contributed by atoms with Gasteiger partial charge in [0.2, 0.25) is 5.91 Å². The molecule has 0 atom stereocenters. The summed E-state index contributed by atoms with van der Waals surface area (Å²) in [6.45, 7) is 0.881. The van der Waals surface area contributed by atoms with Crippen LogP contribution in [0.4, 0.5) is 5.13 Å². The van der Waals surface area contributed by atoms with Crippen LogP contribution in [0.25, 0.3) is 10.2 Å². The lowest BCUT2D eigenvalue weighted by Gasteiger charge is -2.23. The molecule has 0 saturated heterocycles. The molecule has 0 radical (unpaired) electrons. The first-order valence-corrected chi connectivity index (χ1v) is 11.0. The topological polar surface area (TPSA) is 73.8 Å². The Labute approximate surface area is 201 Å². The first-order chi connectivity index (χ1) is 14.8. The summed E-state index contributed by atoms with van der Waals surface area (Å²) in [5, 5.41) is 1.12. The van der Waals surface area contributed by atoms with Crippen molar-refractivity contribution in [3.63, 3.8) is 0 Å². The van der Waals surface area contributed by atoms with Crippen LogP contribution in [0, 0.1) is 0 Å². The van der Waals surface area contributed by atoms with Gasteiger partial charge in [-0.05, 0) is 57.4 Å². The Hall–Kier alpha value is -2.52. The number of thiazole rings is 1. The molecule has 3 amide bonds. The van der Waals surface area contributed by atoms with Gasteiger partial charge in [-0.15, -0.1) is 12.4 Å². The second kappa shape index (κ2) is 9.95. The second-order valence-electron chi connectivity index (χ2n) is 7.55. The van der Waals surface area contributed by atoms with Crippen LogP contribution in [-0.2, 0) is 4.79 Å². The third-order valence-corrected chi connectivity index (χ3v) is 6.31. The number of hydrogen-bond donors (Lipinski definition) is 0. The van der Waals surface area contributed by atoms with E-state index in [1.807, 2.05) is 31.1 Å². The zero-order valence-electron chi connectivity index (χ0n) is 17.6. The van der Waals surface area contributed by atoms with Gasteiger partial charge < -0.3 is 4.90 Å². The first-order valence-electron chi connectivity index (χ1n) is 9.81. The van der Waals surface area contributed by atoms with Gasteiger partial charge in [0, 0.05) is 11.6 Å². The summed E-state index contributed by atoms with van der Waals surface area (Å²) < 4.78 is 0.869. The Morgan fingerprint density at radius 2 is 1.72 bits per heavy atom. The quantitative estimate of drug-likeness (QED) is 0.466. The molecule has 3 aromatic rings. The third-order valence-electron chi connectivity index (χ3n) is 5.03. The lowest BCUT2D eigenvalue weighted by molar-refractivity contribution is -0.119. The van der Waals surface area contributed by atoms with Crippen LogP contribution in [0.15, 0.2) is 42.5 Å². The molecule has 0 spiro atoms. The van der Waals surface area contributed by atoms with Gasteiger partial charge in [-0.2, -0.15) is 0 Å². The highest BCUT2D eigenvalue weighted by Gasteiger charge is 2.37. The fourth-order valence-corrected chi connectivity index (χ4v) is 4.76. The second-order valence-corrected chi connectivity index (χ2v) is 9.00. The Bertz CT molecular complexity index is 1150. The minimum absolute atomic E-state index is 0. The molecule has 10 heteroatoms. The zero-order chi connectivity index (χ0) is 22.1. The maximum Gasteiger partial charge on any atom is 0.262 e. The minimum atomic E-state index is -0.446. The number of aromatic nitrogens is 1. The number of imide groups is 1. The van der Waals surface area contributed by atoms with Crippen LogP contribution in [-0.4, -0.2) is 66.2 Å². The van der Waals surface area contributed by atoms with Crippen LogP contribution >= 0.6 is 35.3 Å². The maximum atomic E-state index is 13.3. The van der Waals surface area contributed by atoms with Crippen LogP contribution in [0.5, 0.6) is 0 Å².